The number of carbonyl (C=O) groups is 2. The Labute approximate surface area is 223 Å². The number of halogens is 2. The molecule has 2 aromatic carbocycles. The zero-order chi connectivity index (χ0) is 27.0. The Morgan fingerprint density at radius 3 is 2.33 bits per heavy atom. The predicted molar refractivity (Wildman–Crippen MR) is 144 cm³/mol. The number of nitrogens with zero attached hydrogens (tertiary/aromatic N) is 2. The standard InChI is InChI=1S/C25H33Cl2N3O5S/c1-6-7-13-28-25(32)18(3)29(15-19-20(26)9-8-10-21(19)27)24(31)16-30(36(5,33)34)22-14-17(2)11-12-23(22)35-4/h8-12,14,18H,6-7,13,15-16H2,1-5H3,(H,28,32)/t18-/m1/s1. The summed E-state index contributed by atoms with van der Waals surface area (Å²) in [5.41, 5.74) is 1.47. The summed E-state index contributed by atoms with van der Waals surface area (Å²) >= 11 is 12.7. The van der Waals surface area contributed by atoms with Gasteiger partial charge < -0.3 is 15.0 Å². The third-order valence-corrected chi connectivity index (χ3v) is 7.50. The zero-order valence-corrected chi connectivity index (χ0v) is 23.5. The van der Waals surface area contributed by atoms with E-state index in [2.05, 4.69) is 5.32 Å². The topological polar surface area (TPSA) is 96.0 Å². The molecular weight excluding hydrogens is 525 g/mol. The maximum Gasteiger partial charge on any atom is 0.244 e. The Bertz CT molecular complexity index is 1170. The molecule has 0 radical (unpaired) electrons. The monoisotopic (exact) mass is 557 g/mol. The Morgan fingerprint density at radius 2 is 1.78 bits per heavy atom. The summed E-state index contributed by atoms with van der Waals surface area (Å²) in [6.45, 7) is 5.23. The Balaban J connectivity index is 2.48. The molecule has 2 rings (SSSR count). The fraction of sp³-hybridized carbons (Fsp3) is 0.440. The lowest BCUT2D eigenvalue weighted by Gasteiger charge is -2.32. The van der Waals surface area contributed by atoms with Crippen LogP contribution in [0, 0.1) is 6.92 Å². The van der Waals surface area contributed by atoms with Crippen LogP contribution in [-0.2, 0) is 26.2 Å². The van der Waals surface area contributed by atoms with E-state index in [0.717, 1.165) is 29.0 Å². The van der Waals surface area contributed by atoms with Crippen LogP contribution < -0.4 is 14.4 Å². The fourth-order valence-corrected chi connectivity index (χ4v) is 4.92. The van der Waals surface area contributed by atoms with Crippen LogP contribution in [0.1, 0.15) is 37.8 Å². The molecule has 36 heavy (non-hydrogen) atoms. The number of carbonyl (C=O) groups excluding carboxylic acids is 2. The number of amides is 2. The van der Waals surface area contributed by atoms with Gasteiger partial charge in [-0.05, 0) is 50.1 Å². The quantitative estimate of drug-likeness (QED) is 0.390. The number of ether oxygens (including phenoxy) is 1. The first-order valence-electron chi connectivity index (χ1n) is 11.5. The summed E-state index contributed by atoms with van der Waals surface area (Å²) in [5, 5.41) is 3.49. The van der Waals surface area contributed by atoms with E-state index in [0.29, 0.717) is 27.9 Å². The lowest BCUT2D eigenvalue weighted by molar-refractivity contribution is -0.139. The van der Waals surface area contributed by atoms with Crippen LogP contribution in [0.15, 0.2) is 36.4 Å². The number of hydrogen-bond donors (Lipinski definition) is 1. The first-order chi connectivity index (χ1) is 16.9. The summed E-state index contributed by atoms with van der Waals surface area (Å²) in [6.07, 6.45) is 2.70. The van der Waals surface area contributed by atoms with Crippen molar-refractivity contribution in [2.24, 2.45) is 0 Å². The van der Waals surface area contributed by atoms with Crippen LogP contribution in [-0.4, -0.2) is 57.6 Å². The summed E-state index contributed by atoms with van der Waals surface area (Å²) in [5.74, 6) is -0.665. The molecule has 198 valence electrons. The normalized spacial score (nSPS) is 12.1. The van der Waals surface area contributed by atoms with Crippen LogP contribution in [0.4, 0.5) is 5.69 Å². The number of benzene rings is 2. The zero-order valence-electron chi connectivity index (χ0n) is 21.2. The van der Waals surface area contributed by atoms with Gasteiger partial charge in [0.15, 0.2) is 0 Å². The highest BCUT2D eigenvalue weighted by atomic mass is 35.5. The van der Waals surface area contributed by atoms with Crippen molar-refractivity contribution >= 4 is 50.7 Å². The molecule has 0 bridgehead atoms. The highest BCUT2D eigenvalue weighted by molar-refractivity contribution is 7.92. The predicted octanol–water partition coefficient (Wildman–Crippen LogP) is 4.41. The molecule has 2 aromatic rings. The Morgan fingerprint density at radius 1 is 1.14 bits per heavy atom. The van der Waals surface area contributed by atoms with Crippen molar-refractivity contribution in [3.8, 4) is 5.75 Å². The number of hydrogen-bond acceptors (Lipinski definition) is 5. The van der Waals surface area contributed by atoms with Crippen LogP contribution in [0.25, 0.3) is 0 Å². The number of unbranched alkanes of at least 4 members (excludes halogenated alkanes) is 1. The van der Waals surface area contributed by atoms with Gasteiger partial charge in [0.1, 0.15) is 18.3 Å². The lowest BCUT2D eigenvalue weighted by Crippen LogP contribution is -2.51. The molecule has 0 aliphatic heterocycles. The first kappa shape index (κ1) is 29.7. The highest BCUT2D eigenvalue weighted by Crippen LogP contribution is 2.32. The Kier molecular flexibility index (Phi) is 10.9. The largest absolute Gasteiger partial charge is 0.495 e. The van der Waals surface area contributed by atoms with Crippen molar-refractivity contribution in [1.29, 1.82) is 0 Å². The number of nitrogens with one attached hydrogen (secondary N) is 1. The van der Waals surface area contributed by atoms with Crippen molar-refractivity contribution in [3.63, 3.8) is 0 Å². The van der Waals surface area contributed by atoms with Gasteiger partial charge >= 0.3 is 0 Å². The van der Waals surface area contributed by atoms with E-state index in [9.17, 15) is 18.0 Å². The number of methoxy groups -OCH3 is 1. The van der Waals surface area contributed by atoms with Crippen molar-refractivity contribution in [2.75, 3.05) is 30.8 Å². The third-order valence-electron chi connectivity index (χ3n) is 5.67. The van der Waals surface area contributed by atoms with Crippen molar-refractivity contribution in [3.05, 3.63) is 57.6 Å². The summed E-state index contributed by atoms with van der Waals surface area (Å²) in [7, 11) is -2.47. The van der Waals surface area contributed by atoms with Gasteiger partial charge in [-0.1, -0.05) is 48.7 Å². The second kappa shape index (κ2) is 13.2. The van der Waals surface area contributed by atoms with E-state index < -0.39 is 28.5 Å². The molecule has 0 aliphatic carbocycles. The minimum atomic E-state index is -3.90. The van der Waals surface area contributed by atoms with Gasteiger partial charge in [-0.15, -0.1) is 0 Å². The number of sulfonamides is 1. The second-order valence-corrected chi connectivity index (χ2v) is 11.2. The molecule has 0 spiro atoms. The summed E-state index contributed by atoms with van der Waals surface area (Å²) < 4.78 is 31.9. The summed E-state index contributed by atoms with van der Waals surface area (Å²) in [4.78, 5) is 27.9. The highest BCUT2D eigenvalue weighted by Gasteiger charge is 2.31. The molecule has 0 fully saturated rings. The van der Waals surface area contributed by atoms with Crippen molar-refractivity contribution in [2.45, 2.75) is 46.2 Å². The second-order valence-electron chi connectivity index (χ2n) is 8.49. The molecular formula is C25H33Cl2N3O5S. The summed E-state index contributed by atoms with van der Waals surface area (Å²) in [6, 6.07) is 9.08. The van der Waals surface area contributed by atoms with Gasteiger partial charge in [-0.3, -0.25) is 13.9 Å². The van der Waals surface area contributed by atoms with Gasteiger partial charge in [0, 0.05) is 28.7 Å². The van der Waals surface area contributed by atoms with Crippen LogP contribution >= 0.6 is 23.2 Å². The van der Waals surface area contributed by atoms with Gasteiger partial charge in [-0.25, -0.2) is 8.42 Å². The maximum atomic E-state index is 13.7. The Hall–Kier alpha value is -2.49. The SMILES string of the molecule is CCCCNC(=O)[C@@H](C)N(Cc1c(Cl)cccc1Cl)C(=O)CN(c1cc(C)ccc1OC)S(C)(=O)=O. The van der Waals surface area contributed by atoms with Crippen LogP contribution in [0.3, 0.4) is 0 Å². The van der Waals surface area contributed by atoms with Crippen LogP contribution in [0.5, 0.6) is 5.75 Å². The third kappa shape index (κ3) is 7.75. The first-order valence-corrected chi connectivity index (χ1v) is 14.1. The van der Waals surface area contributed by atoms with Crippen LogP contribution in [0.2, 0.25) is 10.0 Å². The van der Waals surface area contributed by atoms with E-state index in [1.807, 2.05) is 6.92 Å². The average Bonchev–Trinajstić information content (AvgIpc) is 2.81. The molecule has 0 aromatic heterocycles. The molecule has 1 atom stereocenters. The van der Waals surface area contributed by atoms with E-state index in [1.165, 1.54) is 12.0 Å². The minimum Gasteiger partial charge on any atom is -0.495 e. The van der Waals surface area contributed by atoms with Gasteiger partial charge in [0.2, 0.25) is 21.8 Å². The van der Waals surface area contributed by atoms with E-state index in [1.54, 1.807) is 50.2 Å². The minimum absolute atomic E-state index is 0.0811. The molecule has 2 amide bonds. The molecule has 8 nitrogen and oxygen atoms in total. The van der Waals surface area contributed by atoms with Crippen molar-refractivity contribution < 1.29 is 22.7 Å². The van der Waals surface area contributed by atoms with Gasteiger partial charge in [-0.2, -0.15) is 0 Å². The molecule has 0 heterocycles. The smallest absolute Gasteiger partial charge is 0.244 e. The molecule has 0 unspecified atom stereocenters. The number of rotatable bonds is 12. The number of anilines is 1. The van der Waals surface area contributed by atoms with Crippen molar-refractivity contribution in [1.82, 2.24) is 10.2 Å². The molecule has 11 heteroatoms. The molecule has 0 aliphatic rings. The van der Waals surface area contributed by atoms with E-state index in [4.69, 9.17) is 27.9 Å². The molecule has 0 saturated heterocycles. The number of aryl methyl sites for hydroxylation is 1. The molecule has 0 saturated carbocycles. The lowest BCUT2D eigenvalue weighted by atomic mass is 10.1. The maximum absolute atomic E-state index is 13.7. The molecule has 1 N–H and O–H groups in total. The van der Waals surface area contributed by atoms with Gasteiger partial charge in [0.25, 0.3) is 0 Å². The fourth-order valence-electron chi connectivity index (χ4n) is 3.56. The van der Waals surface area contributed by atoms with E-state index >= 15 is 0 Å². The van der Waals surface area contributed by atoms with Gasteiger partial charge in [0.05, 0.1) is 19.1 Å². The van der Waals surface area contributed by atoms with E-state index in [-0.39, 0.29) is 18.1 Å². The average molecular weight is 559 g/mol.